The number of nitrogens with zero attached hydrogens (tertiary/aromatic N) is 2. The molecule has 0 fully saturated rings. The van der Waals surface area contributed by atoms with E-state index in [1.807, 2.05) is 6.07 Å². The number of aryl methyl sites for hydroxylation is 2. The molecule has 0 aliphatic heterocycles. The third kappa shape index (κ3) is 5.89. The number of fused-ring (bicyclic) bond motifs is 3. The molecule has 1 aliphatic carbocycles. The number of hydrogen-bond donors (Lipinski definition) is 2. The number of phenolic OH excluding ortho intramolecular Hbond substituents is 1. The Bertz CT molecular complexity index is 883. The first-order chi connectivity index (χ1) is 14.8. The number of hydrogen-bond acceptors (Lipinski definition) is 4. The van der Waals surface area contributed by atoms with Crippen LogP contribution in [0.15, 0.2) is 18.2 Å². The Morgan fingerprint density at radius 3 is 2.42 bits per heavy atom. The van der Waals surface area contributed by atoms with E-state index in [0.29, 0.717) is 35.1 Å². The molecule has 31 heavy (non-hydrogen) atoms. The Balaban J connectivity index is 1.96. The van der Waals surface area contributed by atoms with Crippen molar-refractivity contribution in [2.45, 2.75) is 90.3 Å². The van der Waals surface area contributed by atoms with Crippen molar-refractivity contribution in [1.29, 1.82) is 0 Å². The lowest BCUT2D eigenvalue weighted by Crippen LogP contribution is -2.19. The zero-order valence-electron chi connectivity index (χ0n) is 18.4. The summed E-state index contributed by atoms with van der Waals surface area (Å²) in [7, 11) is 0. The Hall–Kier alpha value is -2.31. The predicted molar refractivity (Wildman–Crippen MR) is 117 cm³/mol. The van der Waals surface area contributed by atoms with Crippen molar-refractivity contribution in [3.63, 3.8) is 0 Å². The highest BCUT2D eigenvalue weighted by Crippen LogP contribution is 2.41. The summed E-state index contributed by atoms with van der Waals surface area (Å²) in [6, 6.07) is 4.22. The third-order valence-corrected chi connectivity index (χ3v) is 6.03. The number of alkyl halides is 3. The number of nitrogens with one attached hydrogen (secondary N) is 1. The van der Waals surface area contributed by atoms with Crippen LogP contribution in [0.3, 0.4) is 0 Å². The predicted octanol–water partition coefficient (Wildman–Crippen LogP) is 6.91. The molecule has 0 saturated heterocycles. The lowest BCUT2D eigenvalue weighted by atomic mass is 9.94. The number of unbranched alkanes of at least 4 members (excludes halogenated alkanes) is 2. The van der Waals surface area contributed by atoms with Gasteiger partial charge in [-0.2, -0.15) is 13.2 Å². The summed E-state index contributed by atoms with van der Waals surface area (Å²) < 4.78 is 39.8. The monoisotopic (exact) mass is 435 g/mol. The summed E-state index contributed by atoms with van der Waals surface area (Å²) in [5, 5.41) is 22.7. The fraction of sp³-hybridized carbons (Fsp3) is 0.583. The van der Waals surface area contributed by atoms with Gasteiger partial charge in [0, 0.05) is 11.6 Å². The highest BCUT2D eigenvalue weighted by atomic mass is 19.4. The lowest BCUT2D eigenvalue weighted by molar-refractivity contribution is -0.137. The molecule has 2 aromatic rings. The molecule has 0 amide bonds. The number of benzene rings is 1. The minimum Gasteiger partial charge on any atom is -0.507 e. The quantitative estimate of drug-likeness (QED) is 0.464. The van der Waals surface area contributed by atoms with E-state index in [1.54, 1.807) is 0 Å². The van der Waals surface area contributed by atoms with Crippen LogP contribution in [-0.2, 0) is 19.0 Å². The summed E-state index contributed by atoms with van der Waals surface area (Å²) >= 11 is 0. The van der Waals surface area contributed by atoms with E-state index >= 15 is 0 Å². The molecule has 1 aromatic carbocycles. The first-order valence-electron chi connectivity index (χ1n) is 11.4. The normalized spacial score (nSPS) is 15.3. The lowest BCUT2D eigenvalue weighted by Gasteiger charge is -2.19. The molecule has 2 N–H and O–H groups in total. The number of anilines is 1. The second kappa shape index (κ2) is 10.3. The average Bonchev–Trinajstić information content (AvgIpc) is 2.81. The van der Waals surface area contributed by atoms with E-state index in [1.165, 1.54) is 12.8 Å². The van der Waals surface area contributed by atoms with Crippen molar-refractivity contribution >= 4 is 5.82 Å². The van der Waals surface area contributed by atoms with Gasteiger partial charge in [0.15, 0.2) is 0 Å². The second-order valence-corrected chi connectivity index (χ2v) is 8.44. The molecule has 0 saturated carbocycles. The number of aromatic hydroxyl groups is 1. The van der Waals surface area contributed by atoms with Gasteiger partial charge >= 0.3 is 6.18 Å². The zero-order valence-corrected chi connectivity index (χ0v) is 18.4. The van der Waals surface area contributed by atoms with Crippen LogP contribution >= 0.6 is 0 Å². The van der Waals surface area contributed by atoms with Gasteiger partial charge in [0.1, 0.15) is 17.3 Å². The highest BCUT2D eigenvalue weighted by Gasteiger charge is 2.33. The Labute approximate surface area is 182 Å². The molecule has 1 unspecified atom stereocenters. The van der Waals surface area contributed by atoms with Crippen molar-refractivity contribution in [3.05, 3.63) is 34.9 Å². The van der Waals surface area contributed by atoms with E-state index < -0.39 is 11.7 Å². The first-order valence-corrected chi connectivity index (χ1v) is 11.4. The Morgan fingerprint density at radius 1 is 1.00 bits per heavy atom. The minimum atomic E-state index is -4.50. The molecule has 7 heteroatoms. The van der Waals surface area contributed by atoms with Crippen LogP contribution in [0, 0.1) is 0 Å². The van der Waals surface area contributed by atoms with Gasteiger partial charge < -0.3 is 10.4 Å². The molecule has 0 radical (unpaired) electrons. The molecule has 1 aromatic heterocycles. The Morgan fingerprint density at radius 2 is 1.74 bits per heavy atom. The van der Waals surface area contributed by atoms with E-state index in [4.69, 9.17) is 0 Å². The van der Waals surface area contributed by atoms with E-state index in [-0.39, 0.29) is 5.75 Å². The summed E-state index contributed by atoms with van der Waals surface area (Å²) in [6.45, 7) is 4.32. The van der Waals surface area contributed by atoms with E-state index in [0.717, 1.165) is 62.6 Å². The SMILES string of the molecule is CCCCCC(CC)Nc1cc2c(nn1)-c1c(O)cc(C(F)(F)F)cc1CCCCC2. The number of halogens is 3. The smallest absolute Gasteiger partial charge is 0.416 e. The number of rotatable bonds is 7. The summed E-state index contributed by atoms with van der Waals surface area (Å²) in [4.78, 5) is 0. The maximum atomic E-state index is 13.3. The molecule has 1 heterocycles. The van der Waals surface area contributed by atoms with Crippen LogP contribution in [0.4, 0.5) is 19.0 Å². The van der Waals surface area contributed by atoms with Crippen LogP contribution in [0.1, 0.15) is 81.9 Å². The minimum absolute atomic E-state index is 0.310. The fourth-order valence-corrected chi connectivity index (χ4v) is 4.26. The van der Waals surface area contributed by atoms with Crippen LogP contribution in [0.5, 0.6) is 5.75 Å². The van der Waals surface area contributed by atoms with Gasteiger partial charge in [0.25, 0.3) is 0 Å². The van der Waals surface area contributed by atoms with E-state index in [9.17, 15) is 18.3 Å². The average molecular weight is 436 g/mol. The van der Waals surface area contributed by atoms with Crippen molar-refractivity contribution in [3.8, 4) is 17.0 Å². The summed E-state index contributed by atoms with van der Waals surface area (Å²) in [6.07, 6.45) is 4.91. The van der Waals surface area contributed by atoms with Crippen molar-refractivity contribution in [2.24, 2.45) is 0 Å². The van der Waals surface area contributed by atoms with Gasteiger partial charge in [-0.05, 0) is 67.9 Å². The van der Waals surface area contributed by atoms with E-state index in [2.05, 4.69) is 29.4 Å². The van der Waals surface area contributed by atoms with Crippen molar-refractivity contribution in [1.82, 2.24) is 10.2 Å². The maximum Gasteiger partial charge on any atom is 0.416 e. The van der Waals surface area contributed by atoms with Gasteiger partial charge in [-0.25, -0.2) is 0 Å². The Kier molecular flexibility index (Phi) is 7.79. The molecule has 0 spiro atoms. The van der Waals surface area contributed by atoms with Gasteiger partial charge in [0.05, 0.1) is 5.56 Å². The summed E-state index contributed by atoms with van der Waals surface area (Å²) in [5.74, 6) is 0.309. The van der Waals surface area contributed by atoms with Crippen molar-refractivity contribution < 1.29 is 18.3 Å². The van der Waals surface area contributed by atoms with Gasteiger partial charge in [0.2, 0.25) is 0 Å². The molecule has 1 atom stereocenters. The molecule has 1 aliphatic rings. The largest absolute Gasteiger partial charge is 0.507 e. The van der Waals surface area contributed by atoms with Crippen LogP contribution in [-0.4, -0.2) is 21.3 Å². The number of aromatic nitrogens is 2. The highest BCUT2D eigenvalue weighted by molar-refractivity contribution is 5.74. The molecule has 4 nitrogen and oxygen atoms in total. The topological polar surface area (TPSA) is 58.0 Å². The van der Waals surface area contributed by atoms with Crippen LogP contribution in [0.2, 0.25) is 0 Å². The fourth-order valence-electron chi connectivity index (χ4n) is 4.26. The molecular weight excluding hydrogens is 403 g/mol. The second-order valence-electron chi connectivity index (χ2n) is 8.44. The number of phenols is 1. The van der Waals surface area contributed by atoms with Crippen LogP contribution < -0.4 is 5.32 Å². The molecule has 3 rings (SSSR count). The van der Waals surface area contributed by atoms with Gasteiger partial charge in [-0.15, -0.1) is 10.2 Å². The maximum absolute atomic E-state index is 13.3. The zero-order chi connectivity index (χ0) is 22.4. The summed E-state index contributed by atoms with van der Waals surface area (Å²) in [5.41, 5.74) is 1.45. The van der Waals surface area contributed by atoms with Gasteiger partial charge in [-0.3, -0.25) is 0 Å². The molecule has 0 bridgehead atoms. The van der Waals surface area contributed by atoms with Gasteiger partial charge in [-0.1, -0.05) is 39.5 Å². The standard InChI is InChI=1S/C24H32F3N3O/c1-3-5-7-12-19(4-2)28-21-14-17-11-9-6-8-10-16-13-18(24(25,26)27)15-20(31)22(16)23(17)30-29-21/h13-15,19,31H,3-12H2,1-2H3,(H,28,29). The third-order valence-electron chi connectivity index (χ3n) is 6.03. The molecule has 170 valence electrons. The van der Waals surface area contributed by atoms with Crippen molar-refractivity contribution in [2.75, 3.05) is 5.32 Å². The van der Waals surface area contributed by atoms with Crippen LogP contribution in [0.25, 0.3) is 11.3 Å². The first kappa shape index (κ1) is 23.4. The molecular formula is C24H32F3N3O.